The number of benzene rings is 2. The number of hydrogen-bond donors (Lipinski definition) is 1. The lowest BCUT2D eigenvalue weighted by atomic mass is 10.0. The highest BCUT2D eigenvalue weighted by molar-refractivity contribution is 6.30. The van der Waals surface area contributed by atoms with E-state index in [1.54, 1.807) is 0 Å². The highest BCUT2D eigenvalue weighted by Crippen LogP contribution is 2.36. The van der Waals surface area contributed by atoms with Gasteiger partial charge in [-0.15, -0.1) is 0 Å². The zero-order valence-electron chi connectivity index (χ0n) is 14.1. The summed E-state index contributed by atoms with van der Waals surface area (Å²) in [6, 6.07) is 13.8. The summed E-state index contributed by atoms with van der Waals surface area (Å²) in [5, 5.41) is 4.76. The van der Waals surface area contributed by atoms with Gasteiger partial charge in [0, 0.05) is 22.0 Å². The van der Waals surface area contributed by atoms with Crippen LogP contribution in [-0.2, 0) is 0 Å². The van der Waals surface area contributed by atoms with E-state index in [0.717, 1.165) is 40.5 Å². The third-order valence-corrected chi connectivity index (χ3v) is 5.12. The van der Waals surface area contributed by atoms with E-state index in [0.29, 0.717) is 10.8 Å². The van der Waals surface area contributed by atoms with Crippen molar-refractivity contribution >= 4 is 28.5 Å². The normalized spacial score (nSPS) is 15.0. The molecule has 25 heavy (non-hydrogen) atoms. The first-order chi connectivity index (χ1) is 12.1. The van der Waals surface area contributed by atoms with E-state index >= 15 is 0 Å². The molecule has 1 aliphatic rings. The van der Waals surface area contributed by atoms with Crippen LogP contribution in [0.2, 0.25) is 5.02 Å². The Balaban J connectivity index is 1.83. The average molecular weight is 354 g/mol. The monoisotopic (exact) mass is 353 g/mol. The molecule has 3 nitrogen and oxygen atoms in total. The SMILES string of the molecule is Cc1ccc2oc(C(=O)NC3CCCC3)c(-c3ccc(Cl)cc3)c2c1. The maximum absolute atomic E-state index is 12.9. The summed E-state index contributed by atoms with van der Waals surface area (Å²) in [6.45, 7) is 2.04. The first kappa shape index (κ1) is 16.2. The molecule has 1 aliphatic carbocycles. The molecule has 0 unspecified atom stereocenters. The smallest absolute Gasteiger partial charge is 0.287 e. The fraction of sp³-hybridized carbons (Fsp3) is 0.286. The summed E-state index contributed by atoms with van der Waals surface area (Å²) in [5.41, 5.74) is 3.63. The minimum atomic E-state index is -0.134. The molecule has 1 saturated carbocycles. The molecule has 4 heteroatoms. The van der Waals surface area contributed by atoms with Crippen LogP contribution in [0.15, 0.2) is 46.9 Å². The van der Waals surface area contributed by atoms with Gasteiger partial charge in [-0.2, -0.15) is 0 Å². The molecule has 3 aromatic rings. The second-order valence-electron chi connectivity index (χ2n) is 6.77. The van der Waals surface area contributed by atoms with Gasteiger partial charge in [0.05, 0.1) is 0 Å². The number of aryl methyl sites for hydroxylation is 1. The Morgan fingerprint density at radius 2 is 1.84 bits per heavy atom. The Labute approximate surface area is 152 Å². The van der Waals surface area contributed by atoms with E-state index < -0.39 is 0 Å². The fourth-order valence-electron chi connectivity index (χ4n) is 3.60. The average Bonchev–Trinajstić information content (AvgIpc) is 3.23. The van der Waals surface area contributed by atoms with Crippen LogP contribution >= 0.6 is 11.6 Å². The third-order valence-electron chi connectivity index (χ3n) is 4.87. The second-order valence-corrected chi connectivity index (χ2v) is 7.20. The van der Waals surface area contributed by atoms with Crippen molar-refractivity contribution in [2.24, 2.45) is 0 Å². The summed E-state index contributed by atoms with van der Waals surface area (Å²) in [4.78, 5) is 12.9. The van der Waals surface area contributed by atoms with E-state index in [1.807, 2.05) is 43.3 Å². The molecule has 128 valence electrons. The molecule has 2 aromatic carbocycles. The molecule has 0 radical (unpaired) electrons. The number of fused-ring (bicyclic) bond motifs is 1. The summed E-state index contributed by atoms with van der Waals surface area (Å²) in [6.07, 6.45) is 4.44. The standard InChI is InChI=1S/C21H20ClNO2/c1-13-6-11-18-17(12-13)19(14-7-9-15(22)10-8-14)20(25-18)21(24)23-16-4-2-3-5-16/h6-12,16H,2-5H2,1H3,(H,23,24). The topological polar surface area (TPSA) is 42.2 Å². The van der Waals surface area contributed by atoms with Crippen LogP contribution in [0.3, 0.4) is 0 Å². The van der Waals surface area contributed by atoms with Crippen molar-refractivity contribution in [3.05, 3.63) is 58.8 Å². The largest absolute Gasteiger partial charge is 0.450 e. The molecule has 0 aliphatic heterocycles. The quantitative estimate of drug-likeness (QED) is 0.653. The lowest BCUT2D eigenvalue weighted by molar-refractivity contribution is 0.0913. The van der Waals surface area contributed by atoms with Gasteiger partial charge in [-0.1, -0.05) is 48.2 Å². The molecule has 1 N–H and O–H groups in total. The number of rotatable bonds is 3. The molecular formula is C21H20ClNO2. The Hall–Kier alpha value is -2.26. The number of carbonyl (C=O) groups excluding carboxylic acids is 1. The number of amides is 1. The maximum atomic E-state index is 12.9. The van der Waals surface area contributed by atoms with Crippen molar-refractivity contribution < 1.29 is 9.21 Å². The Morgan fingerprint density at radius 3 is 2.56 bits per heavy atom. The first-order valence-corrected chi connectivity index (χ1v) is 9.09. The molecular weight excluding hydrogens is 334 g/mol. The Morgan fingerprint density at radius 1 is 1.12 bits per heavy atom. The van der Waals surface area contributed by atoms with Gasteiger partial charge >= 0.3 is 0 Å². The van der Waals surface area contributed by atoms with Crippen molar-refractivity contribution in [1.29, 1.82) is 0 Å². The second kappa shape index (κ2) is 6.57. The maximum Gasteiger partial charge on any atom is 0.287 e. The fourth-order valence-corrected chi connectivity index (χ4v) is 3.72. The van der Waals surface area contributed by atoms with E-state index in [2.05, 4.69) is 11.4 Å². The molecule has 0 saturated heterocycles. The van der Waals surface area contributed by atoms with Gasteiger partial charge in [0.15, 0.2) is 0 Å². The summed E-state index contributed by atoms with van der Waals surface area (Å²) in [7, 11) is 0. The molecule has 1 aromatic heterocycles. The summed E-state index contributed by atoms with van der Waals surface area (Å²) < 4.78 is 5.97. The van der Waals surface area contributed by atoms with E-state index in [4.69, 9.17) is 16.0 Å². The van der Waals surface area contributed by atoms with Gasteiger partial charge in [0.1, 0.15) is 5.58 Å². The van der Waals surface area contributed by atoms with Crippen LogP contribution in [0.25, 0.3) is 22.1 Å². The lowest BCUT2D eigenvalue weighted by Gasteiger charge is -2.11. The minimum Gasteiger partial charge on any atom is -0.450 e. The van der Waals surface area contributed by atoms with E-state index in [9.17, 15) is 4.79 Å². The zero-order chi connectivity index (χ0) is 17.4. The van der Waals surface area contributed by atoms with Crippen LogP contribution < -0.4 is 5.32 Å². The molecule has 1 heterocycles. The number of halogens is 1. The van der Waals surface area contributed by atoms with Gasteiger partial charge in [0.2, 0.25) is 5.76 Å². The molecule has 0 spiro atoms. The van der Waals surface area contributed by atoms with Gasteiger partial charge in [-0.05, 0) is 49.6 Å². The van der Waals surface area contributed by atoms with Crippen molar-refractivity contribution in [2.45, 2.75) is 38.6 Å². The number of furan rings is 1. The van der Waals surface area contributed by atoms with Crippen LogP contribution in [0.1, 0.15) is 41.8 Å². The predicted octanol–water partition coefficient (Wildman–Crippen LogP) is 5.73. The number of nitrogens with one attached hydrogen (secondary N) is 1. The van der Waals surface area contributed by atoms with E-state index in [1.165, 1.54) is 12.8 Å². The number of hydrogen-bond acceptors (Lipinski definition) is 2. The first-order valence-electron chi connectivity index (χ1n) is 8.72. The van der Waals surface area contributed by atoms with Crippen LogP contribution in [0.4, 0.5) is 0 Å². The molecule has 1 fully saturated rings. The molecule has 4 rings (SSSR count). The van der Waals surface area contributed by atoms with Crippen LogP contribution in [-0.4, -0.2) is 11.9 Å². The van der Waals surface area contributed by atoms with Gasteiger partial charge in [-0.25, -0.2) is 0 Å². The van der Waals surface area contributed by atoms with Crippen molar-refractivity contribution in [1.82, 2.24) is 5.32 Å². The number of carbonyl (C=O) groups is 1. The van der Waals surface area contributed by atoms with Crippen molar-refractivity contribution in [3.8, 4) is 11.1 Å². The summed E-state index contributed by atoms with van der Waals surface area (Å²) >= 11 is 6.03. The van der Waals surface area contributed by atoms with Gasteiger partial charge in [-0.3, -0.25) is 4.79 Å². The van der Waals surface area contributed by atoms with Gasteiger partial charge < -0.3 is 9.73 Å². The summed E-state index contributed by atoms with van der Waals surface area (Å²) in [5.74, 6) is 0.250. The Bertz CT molecular complexity index is 921. The Kier molecular flexibility index (Phi) is 4.26. The predicted molar refractivity (Wildman–Crippen MR) is 101 cm³/mol. The molecule has 1 amide bonds. The lowest BCUT2D eigenvalue weighted by Crippen LogP contribution is -2.32. The zero-order valence-corrected chi connectivity index (χ0v) is 14.9. The van der Waals surface area contributed by atoms with Crippen LogP contribution in [0, 0.1) is 6.92 Å². The molecule has 0 bridgehead atoms. The highest BCUT2D eigenvalue weighted by atomic mass is 35.5. The minimum absolute atomic E-state index is 0.134. The van der Waals surface area contributed by atoms with Crippen molar-refractivity contribution in [2.75, 3.05) is 0 Å². The van der Waals surface area contributed by atoms with Crippen molar-refractivity contribution in [3.63, 3.8) is 0 Å². The molecule has 0 atom stereocenters. The van der Waals surface area contributed by atoms with Crippen LogP contribution in [0.5, 0.6) is 0 Å². The van der Waals surface area contributed by atoms with E-state index in [-0.39, 0.29) is 11.9 Å². The highest BCUT2D eigenvalue weighted by Gasteiger charge is 2.25. The van der Waals surface area contributed by atoms with Gasteiger partial charge in [0.25, 0.3) is 5.91 Å². The third kappa shape index (κ3) is 3.16.